The lowest BCUT2D eigenvalue weighted by molar-refractivity contribution is 0.0525. The van der Waals surface area contributed by atoms with Crippen LogP contribution in [0.15, 0.2) is 0 Å². The fraction of sp³-hybridized carbons (Fsp3) is 1.00. The number of ether oxygens (including phenoxy) is 1. The van der Waals surface area contributed by atoms with Crippen LogP contribution in [-0.2, 0) is 4.74 Å². The van der Waals surface area contributed by atoms with Gasteiger partial charge >= 0.3 is 0 Å². The van der Waals surface area contributed by atoms with Crippen molar-refractivity contribution < 1.29 is 4.74 Å². The van der Waals surface area contributed by atoms with Gasteiger partial charge in [0, 0.05) is 51.3 Å². The van der Waals surface area contributed by atoms with Crippen molar-refractivity contribution in [2.75, 3.05) is 72.1 Å². The Morgan fingerprint density at radius 2 is 1.52 bits per heavy atom. The molecule has 4 heteroatoms. The Bertz CT molecular complexity index is 343. The fourth-order valence-corrected chi connectivity index (χ4v) is 4.30. The molecule has 0 spiro atoms. The van der Waals surface area contributed by atoms with Gasteiger partial charge in [0.1, 0.15) is 0 Å². The van der Waals surface area contributed by atoms with Crippen LogP contribution in [0.4, 0.5) is 0 Å². The number of rotatable bonds is 8. The van der Waals surface area contributed by atoms with Crippen LogP contribution in [0.1, 0.15) is 39.5 Å². The van der Waals surface area contributed by atoms with Crippen LogP contribution < -0.4 is 0 Å². The van der Waals surface area contributed by atoms with Crippen molar-refractivity contribution in [2.24, 2.45) is 11.3 Å². The van der Waals surface area contributed by atoms with Crippen LogP contribution in [0.3, 0.4) is 0 Å². The molecule has 3 fully saturated rings. The van der Waals surface area contributed by atoms with E-state index in [9.17, 15) is 0 Å². The van der Waals surface area contributed by atoms with E-state index in [2.05, 4.69) is 28.5 Å². The first-order chi connectivity index (χ1) is 11.2. The summed E-state index contributed by atoms with van der Waals surface area (Å²) < 4.78 is 5.70. The highest BCUT2D eigenvalue weighted by atomic mass is 16.5. The van der Waals surface area contributed by atoms with Crippen LogP contribution in [0.5, 0.6) is 0 Å². The predicted molar refractivity (Wildman–Crippen MR) is 95.9 cm³/mol. The summed E-state index contributed by atoms with van der Waals surface area (Å²) in [7, 11) is 0. The Hall–Kier alpha value is -0.160. The maximum atomic E-state index is 5.70. The smallest absolute Gasteiger partial charge is 0.0534 e. The molecule has 0 unspecified atom stereocenters. The molecule has 0 amide bonds. The van der Waals surface area contributed by atoms with E-state index >= 15 is 0 Å². The first-order valence-electron chi connectivity index (χ1n) is 9.98. The highest BCUT2D eigenvalue weighted by molar-refractivity contribution is 4.96. The molecular formula is C19H37N3O. The molecule has 0 atom stereocenters. The molecule has 2 saturated heterocycles. The minimum atomic E-state index is 0.519. The standard InChI is InChI=1S/C19H37N3O/c1-3-20-9-5-18(6-10-20)15-21-11-13-22(14-12-21)16-19(7-8-19)17-23-4-2/h18H,3-17H2,1-2H3. The number of hydrogen-bond acceptors (Lipinski definition) is 4. The lowest BCUT2D eigenvalue weighted by atomic mass is 9.96. The summed E-state index contributed by atoms with van der Waals surface area (Å²) in [6, 6.07) is 0. The van der Waals surface area contributed by atoms with Gasteiger partial charge in [-0.2, -0.15) is 0 Å². The van der Waals surface area contributed by atoms with Gasteiger partial charge in [-0.1, -0.05) is 6.92 Å². The average molecular weight is 324 g/mol. The fourth-order valence-electron chi connectivity index (χ4n) is 4.30. The van der Waals surface area contributed by atoms with Crippen molar-refractivity contribution in [1.82, 2.24) is 14.7 Å². The third-order valence-corrected chi connectivity index (χ3v) is 6.26. The second-order valence-corrected chi connectivity index (χ2v) is 8.09. The van der Waals surface area contributed by atoms with Gasteiger partial charge in [-0.3, -0.25) is 0 Å². The highest BCUT2D eigenvalue weighted by Crippen LogP contribution is 2.46. The topological polar surface area (TPSA) is 19.0 Å². The summed E-state index contributed by atoms with van der Waals surface area (Å²) in [4.78, 5) is 8.02. The van der Waals surface area contributed by atoms with Gasteiger partial charge < -0.3 is 19.4 Å². The second-order valence-electron chi connectivity index (χ2n) is 8.09. The molecule has 4 nitrogen and oxygen atoms in total. The summed E-state index contributed by atoms with van der Waals surface area (Å²) in [5.41, 5.74) is 0.519. The summed E-state index contributed by atoms with van der Waals surface area (Å²) in [6.07, 6.45) is 5.57. The van der Waals surface area contributed by atoms with Crippen molar-refractivity contribution in [3.05, 3.63) is 0 Å². The quantitative estimate of drug-likeness (QED) is 0.681. The number of piperazine rings is 1. The lowest BCUT2D eigenvalue weighted by Gasteiger charge is -2.39. The molecule has 1 saturated carbocycles. The van der Waals surface area contributed by atoms with Crippen LogP contribution in [0.2, 0.25) is 0 Å². The SMILES string of the molecule is CCOCC1(CN2CCN(CC3CCN(CC)CC3)CC2)CC1. The van der Waals surface area contributed by atoms with E-state index in [1.165, 1.54) is 84.6 Å². The number of nitrogens with zero attached hydrogens (tertiary/aromatic N) is 3. The van der Waals surface area contributed by atoms with Crippen LogP contribution in [0.25, 0.3) is 0 Å². The van der Waals surface area contributed by atoms with E-state index in [1.54, 1.807) is 0 Å². The van der Waals surface area contributed by atoms with Crippen molar-refractivity contribution in [2.45, 2.75) is 39.5 Å². The molecule has 134 valence electrons. The molecule has 0 N–H and O–H groups in total. The molecule has 0 aromatic rings. The van der Waals surface area contributed by atoms with Gasteiger partial charge in [0.15, 0.2) is 0 Å². The van der Waals surface area contributed by atoms with Gasteiger partial charge in [-0.15, -0.1) is 0 Å². The zero-order chi connectivity index (χ0) is 16.1. The first kappa shape index (κ1) is 17.7. The molecule has 2 heterocycles. The Morgan fingerprint density at radius 1 is 0.870 bits per heavy atom. The van der Waals surface area contributed by atoms with Crippen LogP contribution in [0, 0.1) is 11.3 Å². The number of piperidine rings is 1. The molecule has 3 rings (SSSR count). The number of hydrogen-bond donors (Lipinski definition) is 0. The van der Waals surface area contributed by atoms with Gasteiger partial charge in [-0.05, 0) is 58.2 Å². The molecule has 2 aliphatic heterocycles. The van der Waals surface area contributed by atoms with Crippen LogP contribution >= 0.6 is 0 Å². The molecule has 0 aromatic carbocycles. The molecule has 3 aliphatic rings. The molecule has 1 aliphatic carbocycles. The largest absolute Gasteiger partial charge is 0.381 e. The Morgan fingerprint density at radius 3 is 2.09 bits per heavy atom. The van der Waals surface area contributed by atoms with Crippen LogP contribution in [-0.4, -0.2) is 86.8 Å². The Kier molecular flexibility index (Phi) is 6.36. The van der Waals surface area contributed by atoms with E-state index in [4.69, 9.17) is 4.74 Å². The highest BCUT2D eigenvalue weighted by Gasteiger charge is 2.44. The maximum absolute atomic E-state index is 5.70. The van der Waals surface area contributed by atoms with E-state index in [0.29, 0.717) is 5.41 Å². The molecule has 0 radical (unpaired) electrons. The van der Waals surface area contributed by atoms with Gasteiger partial charge in [0.05, 0.1) is 6.61 Å². The van der Waals surface area contributed by atoms with E-state index in [1.807, 2.05) is 0 Å². The minimum absolute atomic E-state index is 0.519. The summed E-state index contributed by atoms with van der Waals surface area (Å²) >= 11 is 0. The normalized spacial score (nSPS) is 27.4. The zero-order valence-electron chi connectivity index (χ0n) is 15.4. The summed E-state index contributed by atoms with van der Waals surface area (Å²) in [5, 5.41) is 0. The van der Waals surface area contributed by atoms with E-state index in [0.717, 1.165) is 19.1 Å². The lowest BCUT2D eigenvalue weighted by Crippen LogP contribution is -2.50. The van der Waals surface area contributed by atoms with Gasteiger partial charge in [-0.25, -0.2) is 0 Å². The zero-order valence-corrected chi connectivity index (χ0v) is 15.4. The first-order valence-corrected chi connectivity index (χ1v) is 9.98. The molecule has 0 aromatic heterocycles. The Balaban J connectivity index is 1.33. The predicted octanol–water partition coefficient (Wildman–Crippen LogP) is 2.15. The number of likely N-dealkylation sites (tertiary alicyclic amines) is 1. The third kappa shape index (κ3) is 5.15. The minimum Gasteiger partial charge on any atom is -0.381 e. The van der Waals surface area contributed by atoms with Gasteiger partial charge in [0.2, 0.25) is 0 Å². The van der Waals surface area contributed by atoms with Crippen molar-refractivity contribution in [3.8, 4) is 0 Å². The summed E-state index contributed by atoms with van der Waals surface area (Å²) in [6.45, 7) is 17.8. The monoisotopic (exact) mass is 323 g/mol. The summed E-state index contributed by atoms with van der Waals surface area (Å²) in [5.74, 6) is 0.942. The van der Waals surface area contributed by atoms with Gasteiger partial charge in [0.25, 0.3) is 0 Å². The molecule has 23 heavy (non-hydrogen) atoms. The van der Waals surface area contributed by atoms with Crippen molar-refractivity contribution in [3.63, 3.8) is 0 Å². The van der Waals surface area contributed by atoms with E-state index < -0.39 is 0 Å². The second kappa shape index (κ2) is 8.28. The van der Waals surface area contributed by atoms with Crippen molar-refractivity contribution in [1.29, 1.82) is 0 Å². The maximum Gasteiger partial charge on any atom is 0.0534 e. The molecular weight excluding hydrogens is 286 g/mol. The van der Waals surface area contributed by atoms with E-state index in [-0.39, 0.29) is 0 Å². The Labute approximate surface area is 143 Å². The third-order valence-electron chi connectivity index (χ3n) is 6.26. The van der Waals surface area contributed by atoms with Crippen molar-refractivity contribution >= 4 is 0 Å². The molecule has 0 bridgehead atoms. The average Bonchev–Trinajstić information content (AvgIpc) is 3.35.